The number of hydrogen-bond donors (Lipinski definition) is 2. The fraction of sp³-hybridized carbons (Fsp3) is 0.357. The summed E-state index contributed by atoms with van der Waals surface area (Å²) in [4.78, 5) is 2.27. The molecule has 2 heterocycles. The summed E-state index contributed by atoms with van der Waals surface area (Å²) in [6.07, 6.45) is 1.04. The number of benzene rings is 1. The zero-order valence-corrected chi connectivity index (χ0v) is 10.6. The van der Waals surface area contributed by atoms with Crippen molar-refractivity contribution in [2.24, 2.45) is 5.73 Å². The highest BCUT2D eigenvalue weighted by molar-refractivity contribution is 5.78. The second kappa shape index (κ2) is 4.46. The molecule has 18 heavy (non-hydrogen) atoms. The third-order valence-electron chi connectivity index (χ3n) is 3.51. The Balaban J connectivity index is 2.02. The van der Waals surface area contributed by atoms with Crippen LogP contribution in [0.3, 0.4) is 0 Å². The fourth-order valence-corrected chi connectivity index (χ4v) is 2.58. The molecule has 3 N–H and O–H groups in total. The van der Waals surface area contributed by atoms with Crippen LogP contribution in [0.2, 0.25) is 0 Å². The van der Waals surface area contributed by atoms with Gasteiger partial charge in [-0.15, -0.1) is 0 Å². The van der Waals surface area contributed by atoms with E-state index in [9.17, 15) is 0 Å². The average Bonchev–Trinajstić information content (AvgIpc) is 2.96. The summed E-state index contributed by atoms with van der Waals surface area (Å²) in [5.41, 5.74) is 9.49. The molecule has 0 aliphatic carbocycles. The van der Waals surface area contributed by atoms with Crippen LogP contribution in [0.25, 0.3) is 11.1 Å². The summed E-state index contributed by atoms with van der Waals surface area (Å²) >= 11 is 0. The number of aromatic nitrogens is 2. The van der Waals surface area contributed by atoms with Gasteiger partial charge < -0.3 is 10.6 Å². The zero-order valence-electron chi connectivity index (χ0n) is 10.6. The van der Waals surface area contributed by atoms with E-state index in [1.165, 1.54) is 11.1 Å². The number of anilines is 1. The Hall–Kier alpha value is -1.81. The lowest BCUT2D eigenvalue weighted by molar-refractivity contribution is 0.751. The number of hydrogen-bond acceptors (Lipinski definition) is 3. The highest BCUT2D eigenvalue weighted by atomic mass is 15.3. The summed E-state index contributed by atoms with van der Waals surface area (Å²) in [5.74, 6) is 1.03. The molecule has 4 heteroatoms. The van der Waals surface area contributed by atoms with E-state index in [2.05, 4.69) is 46.3 Å². The van der Waals surface area contributed by atoms with Gasteiger partial charge in [-0.1, -0.05) is 30.3 Å². The van der Waals surface area contributed by atoms with Crippen molar-refractivity contribution in [1.82, 2.24) is 10.2 Å². The van der Waals surface area contributed by atoms with Gasteiger partial charge in [-0.25, -0.2) is 0 Å². The van der Waals surface area contributed by atoms with Crippen LogP contribution in [0.1, 0.15) is 12.1 Å². The molecule has 1 aromatic heterocycles. The van der Waals surface area contributed by atoms with Crippen molar-refractivity contribution < 1.29 is 0 Å². The van der Waals surface area contributed by atoms with Gasteiger partial charge in [0.2, 0.25) is 0 Å². The Bertz CT molecular complexity index is 532. The molecule has 94 valence electrons. The number of nitrogens with one attached hydrogen (secondary N) is 1. The first-order chi connectivity index (χ1) is 8.75. The maximum atomic E-state index is 5.98. The van der Waals surface area contributed by atoms with E-state index in [-0.39, 0.29) is 6.04 Å². The molecule has 0 saturated carbocycles. The number of H-pyrrole nitrogens is 1. The Morgan fingerprint density at radius 3 is 2.78 bits per heavy atom. The van der Waals surface area contributed by atoms with Crippen LogP contribution in [0.5, 0.6) is 0 Å². The highest BCUT2D eigenvalue weighted by Gasteiger charge is 2.24. The van der Waals surface area contributed by atoms with Gasteiger partial charge in [-0.3, -0.25) is 5.10 Å². The minimum atomic E-state index is 0.269. The second-order valence-electron chi connectivity index (χ2n) is 4.91. The van der Waals surface area contributed by atoms with Crippen molar-refractivity contribution in [1.29, 1.82) is 0 Å². The molecule has 3 rings (SSSR count). The molecule has 0 amide bonds. The van der Waals surface area contributed by atoms with Gasteiger partial charge in [0.25, 0.3) is 0 Å². The first kappa shape index (κ1) is 11.3. The lowest BCUT2D eigenvalue weighted by atomic mass is 10.1. The molecule has 0 radical (unpaired) electrons. The Morgan fingerprint density at radius 1 is 1.33 bits per heavy atom. The van der Waals surface area contributed by atoms with Crippen molar-refractivity contribution in [3.05, 3.63) is 36.0 Å². The molecule has 1 aromatic carbocycles. The van der Waals surface area contributed by atoms with Crippen LogP contribution in [0, 0.1) is 6.92 Å². The maximum absolute atomic E-state index is 5.98. The molecule has 0 spiro atoms. The molecule has 1 saturated heterocycles. The van der Waals surface area contributed by atoms with E-state index >= 15 is 0 Å². The third kappa shape index (κ3) is 1.88. The van der Waals surface area contributed by atoms with Gasteiger partial charge >= 0.3 is 0 Å². The van der Waals surface area contributed by atoms with Crippen molar-refractivity contribution in [3.63, 3.8) is 0 Å². The quantitative estimate of drug-likeness (QED) is 0.846. The number of aryl methyl sites for hydroxylation is 1. The van der Waals surface area contributed by atoms with Crippen LogP contribution in [0.4, 0.5) is 5.82 Å². The fourth-order valence-electron chi connectivity index (χ4n) is 2.58. The van der Waals surface area contributed by atoms with Gasteiger partial charge in [0.15, 0.2) is 5.82 Å². The Labute approximate surface area is 107 Å². The van der Waals surface area contributed by atoms with E-state index in [1.807, 2.05) is 6.07 Å². The predicted molar refractivity (Wildman–Crippen MR) is 73.6 cm³/mol. The van der Waals surface area contributed by atoms with Crippen LogP contribution in [0.15, 0.2) is 30.3 Å². The Morgan fingerprint density at radius 2 is 2.11 bits per heavy atom. The number of rotatable bonds is 2. The Kier molecular flexibility index (Phi) is 2.80. The average molecular weight is 242 g/mol. The largest absolute Gasteiger partial charge is 0.353 e. The minimum absolute atomic E-state index is 0.269. The normalized spacial score (nSPS) is 19.4. The van der Waals surface area contributed by atoms with E-state index < -0.39 is 0 Å². The molecule has 2 aromatic rings. The van der Waals surface area contributed by atoms with E-state index in [4.69, 9.17) is 5.73 Å². The van der Waals surface area contributed by atoms with Gasteiger partial charge in [0.1, 0.15) is 0 Å². The van der Waals surface area contributed by atoms with Crippen molar-refractivity contribution >= 4 is 5.82 Å². The van der Waals surface area contributed by atoms with Gasteiger partial charge in [-0.2, -0.15) is 5.10 Å². The number of nitrogens with zero attached hydrogens (tertiary/aromatic N) is 2. The molecule has 4 nitrogen and oxygen atoms in total. The molecule has 1 aliphatic heterocycles. The summed E-state index contributed by atoms with van der Waals surface area (Å²) < 4.78 is 0. The lowest BCUT2D eigenvalue weighted by Crippen LogP contribution is -2.26. The zero-order chi connectivity index (χ0) is 12.5. The first-order valence-electron chi connectivity index (χ1n) is 6.36. The summed E-state index contributed by atoms with van der Waals surface area (Å²) in [6.45, 7) is 3.95. The van der Waals surface area contributed by atoms with Gasteiger partial charge in [0.05, 0.1) is 0 Å². The van der Waals surface area contributed by atoms with Crippen LogP contribution >= 0.6 is 0 Å². The van der Waals surface area contributed by atoms with E-state index in [1.54, 1.807) is 0 Å². The highest BCUT2D eigenvalue weighted by Crippen LogP contribution is 2.33. The predicted octanol–water partition coefficient (Wildman–Crippen LogP) is 1.92. The SMILES string of the molecule is Cc1[nH]nc(N2CCC(N)C2)c1-c1ccccc1. The standard InChI is InChI=1S/C14H18N4/c1-10-13(11-5-3-2-4-6-11)14(17-16-10)18-8-7-12(15)9-18/h2-6,12H,7-9,15H2,1H3,(H,16,17). The second-order valence-corrected chi connectivity index (χ2v) is 4.91. The molecule has 1 aliphatic rings. The molecule has 0 bridgehead atoms. The molecule has 1 fully saturated rings. The summed E-state index contributed by atoms with van der Waals surface area (Å²) in [6, 6.07) is 10.7. The maximum Gasteiger partial charge on any atom is 0.158 e. The van der Waals surface area contributed by atoms with Gasteiger partial charge in [-0.05, 0) is 18.9 Å². The summed E-state index contributed by atoms with van der Waals surface area (Å²) in [5, 5.41) is 7.55. The molecular weight excluding hydrogens is 224 g/mol. The first-order valence-corrected chi connectivity index (χ1v) is 6.36. The summed E-state index contributed by atoms with van der Waals surface area (Å²) in [7, 11) is 0. The van der Waals surface area contributed by atoms with Crippen LogP contribution in [-0.4, -0.2) is 29.3 Å². The van der Waals surface area contributed by atoms with Crippen molar-refractivity contribution in [2.45, 2.75) is 19.4 Å². The van der Waals surface area contributed by atoms with Crippen LogP contribution < -0.4 is 10.6 Å². The van der Waals surface area contributed by atoms with Crippen molar-refractivity contribution in [2.75, 3.05) is 18.0 Å². The van der Waals surface area contributed by atoms with E-state index in [0.717, 1.165) is 31.0 Å². The number of nitrogens with two attached hydrogens (primary N) is 1. The topological polar surface area (TPSA) is 57.9 Å². The lowest BCUT2D eigenvalue weighted by Gasteiger charge is -2.17. The number of aromatic amines is 1. The minimum Gasteiger partial charge on any atom is -0.353 e. The molecule has 1 atom stereocenters. The monoisotopic (exact) mass is 242 g/mol. The van der Waals surface area contributed by atoms with Gasteiger partial charge in [0, 0.05) is 30.4 Å². The van der Waals surface area contributed by atoms with Crippen LogP contribution in [-0.2, 0) is 0 Å². The molecular formula is C14H18N4. The molecule has 1 unspecified atom stereocenters. The van der Waals surface area contributed by atoms with Crippen molar-refractivity contribution in [3.8, 4) is 11.1 Å². The third-order valence-corrected chi connectivity index (χ3v) is 3.51. The smallest absolute Gasteiger partial charge is 0.158 e. The van der Waals surface area contributed by atoms with E-state index in [0.29, 0.717) is 0 Å².